The molecule has 0 amide bonds. The number of hydrogen-bond donors (Lipinski definition) is 0. The third kappa shape index (κ3) is 0.355. The monoisotopic (exact) mass is 110 g/mol. The summed E-state index contributed by atoms with van der Waals surface area (Å²) in [6.07, 6.45) is 2.06. The summed E-state index contributed by atoms with van der Waals surface area (Å²) in [4.78, 5) is 10.8. The quantitative estimate of drug-likeness (QED) is 0.458. The van der Waals surface area contributed by atoms with E-state index in [0.29, 0.717) is 11.7 Å². The predicted molar refractivity (Wildman–Crippen MR) is 30.4 cm³/mol. The molecule has 0 aliphatic heterocycles. The zero-order valence-electron chi connectivity index (χ0n) is 5.05. The van der Waals surface area contributed by atoms with E-state index in [9.17, 15) is 4.79 Å². The van der Waals surface area contributed by atoms with E-state index in [1.165, 1.54) is 6.42 Å². The number of hydrogen-bond acceptors (Lipinski definition) is 1. The van der Waals surface area contributed by atoms with Crippen LogP contribution in [0.15, 0.2) is 0 Å². The largest absolute Gasteiger partial charge is 0.299 e. The Labute approximate surface area is 49.1 Å². The second kappa shape index (κ2) is 1.15. The minimum absolute atomic E-state index is 0.509. The minimum Gasteiger partial charge on any atom is -0.299 e. The normalized spacial score (nSPS) is 51.6. The van der Waals surface area contributed by atoms with Crippen molar-refractivity contribution in [3.8, 4) is 0 Å². The van der Waals surface area contributed by atoms with Crippen LogP contribution >= 0.6 is 0 Å². The molecule has 3 atom stereocenters. The highest BCUT2D eigenvalue weighted by atomic mass is 16.1. The lowest BCUT2D eigenvalue weighted by Crippen LogP contribution is -1.95. The number of Topliss-reactive ketones (excluding diaryl/α,β-unsaturated/α-hetero) is 1. The molecule has 1 nitrogen and oxygen atoms in total. The van der Waals surface area contributed by atoms with Gasteiger partial charge in [-0.3, -0.25) is 4.79 Å². The summed E-state index contributed by atoms with van der Waals surface area (Å²) in [5.74, 6) is 2.59. The molecule has 44 valence electrons. The number of ketones is 1. The van der Waals surface area contributed by atoms with Crippen molar-refractivity contribution >= 4 is 5.78 Å². The van der Waals surface area contributed by atoms with Crippen molar-refractivity contribution in [3.05, 3.63) is 0 Å². The summed E-state index contributed by atoms with van der Waals surface area (Å²) in [6, 6.07) is 0. The van der Waals surface area contributed by atoms with Crippen molar-refractivity contribution in [1.29, 1.82) is 0 Å². The van der Waals surface area contributed by atoms with Gasteiger partial charge < -0.3 is 0 Å². The number of carbonyl (C=O) groups is 1. The van der Waals surface area contributed by atoms with E-state index >= 15 is 0 Å². The van der Waals surface area contributed by atoms with E-state index in [4.69, 9.17) is 0 Å². The third-order valence-corrected chi connectivity index (χ3v) is 2.66. The molecular formula is C7H10O. The molecule has 0 radical (unpaired) electrons. The molecule has 0 bridgehead atoms. The molecule has 2 aliphatic carbocycles. The number of carbonyl (C=O) groups excluding carboxylic acids is 1. The van der Waals surface area contributed by atoms with Gasteiger partial charge in [0.1, 0.15) is 5.78 Å². The second-order valence-corrected chi connectivity index (χ2v) is 3.05. The fourth-order valence-corrected chi connectivity index (χ4v) is 2.00. The van der Waals surface area contributed by atoms with Gasteiger partial charge in [-0.15, -0.1) is 0 Å². The van der Waals surface area contributed by atoms with Gasteiger partial charge in [0.25, 0.3) is 0 Å². The first kappa shape index (κ1) is 4.54. The molecule has 0 saturated heterocycles. The third-order valence-electron chi connectivity index (χ3n) is 2.66. The molecule has 0 N–H and O–H groups in total. The van der Waals surface area contributed by atoms with E-state index in [2.05, 4.69) is 6.92 Å². The zero-order valence-corrected chi connectivity index (χ0v) is 5.05. The van der Waals surface area contributed by atoms with Crippen molar-refractivity contribution in [2.75, 3.05) is 0 Å². The minimum atomic E-state index is 0.509. The van der Waals surface area contributed by atoms with Gasteiger partial charge in [-0.1, -0.05) is 6.92 Å². The highest BCUT2D eigenvalue weighted by Gasteiger charge is 2.54. The first-order chi connectivity index (χ1) is 3.80. The Morgan fingerprint density at radius 1 is 1.62 bits per heavy atom. The Hall–Kier alpha value is -0.330. The highest BCUT2D eigenvalue weighted by Crippen LogP contribution is 2.54. The standard InChI is InChI=1S/C7H10O/c1-4-5-2-3-6(8)7(4)5/h4-5,7H,2-3H2,1H3/t4-,5-,7+/m1/s1. The van der Waals surface area contributed by atoms with Crippen LogP contribution in [-0.4, -0.2) is 5.78 Å². The van der Waals surface area contributed by atoms with Crippen molar-refractivity contribution < 1.29 is 4.79 Å². The first-order valence-corrected chi connectivity index (χ1v) is 3.33. The highest BCUT2D eigenvalue weighted by molar-refractivity contribution is 5.86. The molecule has 2 rings (SSSR count). The number of rotatable bonds is 0. The summed E-state index contributed by atoms with van der Waals surface area (Å²) < 4.78 is 0. The molecule has 2 aliphatic rings. The molecule has 8 heavy (non-hydrogen) atoms. The fourth-order valence-electron chi connectivity index (χ4n) is 2.00. The van der Waals surface area contributed by atoms with Crippen LogP contribution in [0.3, 0.4) is 0 Å². The van der Waals surface area contributed by atoms with Crippen LogP contribution in [0, 0.1) is 17.8 Å². The molecule has 0 aromatic heterocycles. The van der Waals surface area contributed by atoms with Gasteiger partial charge >= 0.3 is 0 Å². The molecule has 0 unspecified atom stereocenters. The van der Waals surface area contributed by atoms with E-state index in [0.717, 1.165) is 18.3 Å². The van der Waals surface area contributed by atoms with E-state index in [-0.39, 0.29) is 0 Å². The van der Waals surface area contributed by atoms with Crippen LogP contribution in [0.25, 0.3) is 0 Å². The van der Waals surface area contributed by atoms with Crippen LogP contribution < -0.4 is 0 Å². The SMILES string of the molecule is C[C@@H]1[C@H]2CCC(=O)[C@@H]12. The van der Waals surface area contributed by atoms with Gasteiger partial charge in [-0.2, -0.15) is 0 Å². The van der Waals surface area contributed by atoms with Crippen LogP contribution in [-0.2, 0) is 4.79 Å². The summed E-state index contributed by atoms with van der Waals surface area (Å²) in [5.41, 5.74) is 0. The maximum atomic E-state index is 10.8. The fraction of sp³-hybridized carbons (Fsp3) is 0.857. The van der Waals surface area contributed by atoms with Gasteiger partial charge in [-0.05, 0) is 18.3 Å². The molecule has 2 saturated carbocycles. The molecule has 0 aromatic rings. The van der Waals surface area contributed by atoms with Crippen molar-refractivity contribution in [3.63, 3.8) is 0 Å². The topological polar surface area (TPSA) is 17.1 Å². The molecule has 0 aromatic carbocycles. The summed E-state index contributed by atoms with van der Waals surface area (Å²) in [5, 5.41) is 0. The van der Waals surface area contributed by atoms with Crippen molar-refractivity contribution in [2.45, 2.75) is 19.8 Å². The average Bonchev–Trinajstić information content (AvgIpc) is 2.13. The smallest absolute Gasteiger partial charge is 0.136 e. The van der Waals surface area contributed by atoms with Gasteiger partial charge in [-0.25, -0.2) is 0 Å². The lowest BCUT2D eigenvalue weighted by atomic mass is 10.2. The van der Waals surface area contributed by atoms with Gasteiger partial charge in [0.05, 0.1) is 0 Å². The maximum Gasteiger partial charge on any atom is 0.136 e. The molecule has 0 spiro atoms. The van der Waals surface area contributed by atoms with Gasteiger partial charge in [0, 0.05) is 12.3 Å². The van der Waals surface area contributed by atoms with Crippen LogP contribution in [0.4, 0.5) is 0 Å². The van der Waals surface area contributed by atoms with E-state index < -0.39 is 0 Å². The molecule has 0 heterocycles. The Balaban J connectivity index is 2.18. The van der Waals surface area contributed by atoms with Crippen molar-refractivity contribution in [1.82, 2.24) is 0 Å². The summed E-state index contributed by atoms with van der Waals surface area (Å²) in [6.45, 7) is 2.19. The van der Waals surface area contributed by atoms with E-state index in [1.807, 2.05) is 0 Å². The average molecular weight is 110 g/mol. The van der Waals surface area contributed by atoms with Crippen LogP contribution in [0.5, 0.6) is 0 Å². The molecule has 2 fully saturated rings. The lowest BCUT2D eigenvalue weighted by molar-refractivity contribution is -0.119. The van der Waals surface area contributed by atoms with Crippen molar-refractivity contribution in [2.24, 2.45) is 17.8 Å². The van der Waals surface area contributed by atoms with Gasteiger partial charge in [0.15, 0.2) is 0 Å². The maximum absolute atomic E-state index is 10.8. The zero-order chi connectivity index (χ0) is 5.72. The van der Waals surface area contributed by atoms with Crippen LogP contribution in [0.2, 0.25) is 0 Å². The lowest BCUT2D eigenvalue weighted by Gasteiger charge is -1.89. The Bertz CT molecular complexity index is 139. The predicted octanol–water partition coefficient (Wildman–Crippen LogP) is 1.23. The molecular weight excluding hydrogens is 100 g/mol. The van der Waals surface area contributed by atoms with Gasteiger partial charge in [0.2, 0.25) is 0 Å². The van der Waals surface area contributed by atoms with E-state index in [1.54, 1.807) is 0 Å². The van der Waals surface area contributed by atoms with Crippen LogP contribution in [0.1, 0.15) is 19.8 Å². The summed E-state index contributed by atoms with van der Waals surface area (Å²) >= 11 is 0. The molecule has 1 heteroatoms. The Kier molecular flexibility index (Phi) is 0.651. The number of fused-ring (bicyclic) bond motifs is 1. The Morgan fingerprint density at radius 3 is 2.62 bits per heavy atom. The Morgan fingerprint density at radius 2 is 2.38 bits per heavy atom. The summed E-state index contributed by atoms with van der Waals surface area (Å²) in [7, 11) is 0. The second-order valence-electron chi connectivity index (χ2n) is 3.05. The first-order valence-electron chi connectivity index (χ1n) is 3.33.